The first-order valence-corrected chi connectivity index (χ1v) is 12.1. The van der Waals surface area contributed by atoms with Crippen LogP contribution in [0.15, 0.2) is 47.8 Å². The van der Waals surface area contributed by atoms with Crippen molar-refractivity contribution < 1.29 is 19.1 Å². The molecule has 1 aliphatic rings. The topological polar surface area (TPSA) is 131 Å². The second-order valence-electron chi connectivity index (χ2n) is 7.85. The summed E-state index contributed by atoms with van der Waals surface area (Å²) in [7, 11) is 1.61. The number of benzene rings is 2. The molecular formula is C24H28N6O4S. The van der Waals surface area contributed by atoms with Crippen LogP contribution in [0.2, 0.25) is 0 Å². The van der Waals surface area contributed by atoms with Crippen molar-refractivity contribution in [3.63, 3.8) is 0 Å². The molecule has 1 aliphatic heterocycles. The fourth-order valence-corrected chi connectivity index (χ4v) is 4.27. The number of anilines is 4. The van der Waals surface area contributed by atoms with Crippen molar-refractivity contribution in [1.29, 1.82) is 0 Å². The van der Waals surface area contributed by atoms with Crippen LogP contribution in [0.5, 0.6) is 5.75 Å². The molecule has 0 spiro atoms. The van der Waals surface area contributed by atoms with Crippen molar-refractivity contribution in [3.05, 3.63) is 59.1 Å². The molecule has 0 unspecified atom stereocenters. The summed E-state index contributed by atoms with van der Waals surface area (Å²) in [5.41, 5.74) is 8.11. The third kappa shape index (κ3) is 6.69. The molecule has 1 saturated heterocycles. The molecule has 2 heterocycles. The largest absolute Gasteiger partial charge is 0.497 e. The number of aromatic nitrogens is 1. The van der Waals surface area contributed by atoms with Crippen LogP contribution in [-0.4, -0.2) is 68.2 Å². The summed E-state index contributed by atoms with van der Waals surface area (Å²) in [6.45, 7) is 5.06. The fourth-order valence-electron chi connectivity index (χ4n) is 3.58. The first kappa shape index (κ1) is 24.5. The third-order valence-electron chi connectivity index (χ3n) is 5.47. The van der Waals surface area contributed by atoms with Gasteiger partial charge in [-0.2, -0.15) is 0 Å². The summed E-state index contributed by atoms with van der Waals surface area (Å²) in [4.78, 5) is 30.8. The van der Waals surface area contributed by atoms with Crippen LogP contribution in [0.3, 0.4) is 0 Å². The summed E-state index contributed by atoms with van der Waals surface area (Å²) >= 11 is 1.14. The van der Waals surface area contributed by atoms with Crippen LogP contribution in [0.1, 0.15) is 20.8 Å². The molecular weight excluding hydrogens is 468 g/mol. The van der Waals surface area contributed by atoms with Gasteiger partial charge in [-0.1, -0.05) is 0 Å². The summed E-state index contributed by atoms with van der Waals surface area (Å²) in [5.74, 6) is -0.261. The Bertz CT molecular complexity index is 1160. The van der Waals surface area contributed by atoms with Gasteiger partial charge in [-0.25, -0.2) is 4.98 Å². The molecule has 35 heavy (non-hydrogen) atoms. The Hall–Kier alpha value is -3.67. The van der Waals surface area contributed by atoms with Crippen molar-refractivity contribution in [1.82, 2.24) is 9.88 Å². The molecule has 0 saturated carbocycles. The lowest BCUT2D eigenvalue weighted by atomic mass is 10.1. The van der Waals surface area contributed by atoms with E-state index in [0.717, 1.165) is 67.9 Å². The molecule has 3 aromatic rings. The molecule has 11 heteroatoms. The number of rotatable bonds is 10. The quantitative estimate of drug-likeness (QED) is 0.337. The number of nitrogens with one attached hydrogen (secondary N) is 3. The molecule has 1 fully saturated rings. The van der Waals surface area contributed by atoms with Gasteiger partial charge in [0.2, 0.25) is 0 Å². The van der Waals surface area contributed by atoms with Crippen molar-refractivity contribution in [3.8, 4) is 5.75 Å². The van der Waals surface area contributed by atoms with Crippen LogP contribution in [0, 0.1) is 0 Å². The minimum atomic E-state index is -0.642. The number of nitrogens with zero attached hydrogens (tertiary/aromatic N) is 2. The van der Waals surface area contributed by atoms with Gasteiger partial charge in [0.1, 0.15) is 11.4 Å². The van der Waals surface area contributed by atoms with E-state index in [1.165, 1.54) is 5.38 Å². The number of carbonyl (C=O) groups is 2. The molecule has 5 N–H and O–H groups in total. The molecule has 2 aromatic carbocycles. The third-order valence-corrected chi connectivity index (χ3v) is 6.23. The zero-order valence-corrected chi connectivity index (χ0v) is 20.2. The summed E-state index contributed by atoms with van der Waals surface area (Å²) in [5, 5.41) is 11.3. The molecule has 0 atom stereocenters. The normalized spacial score (nSPS) is 13.7. The number of carbonyl (C=O) groups excluding carboxylic acids is 2. The molecule has 184 valence electrons. The average molecular weight is 497 g/mol. The molecule has 1 aromatic heterocycles. The highest BCUT2D eigenvalue weighted by molar-refractivity contribution is 7.14. The smallest absolute Gasteiger partial charge is 0.268 e. The second-order valence-corrected chi connectivity index (χ2v) is 8.71. The summed E-state index contributed by atoms with van der Waals surface area (Å²) in [6.07, 6.45) is 0. The SMILES string of the molecule is COc1ccc(Nc2cc(NCCN3CCOCC3)ccc2C(=O)Nc2nc(C(N)=O)cs2)cc1. The number of nitrogens with two attached hydrogens (primary N) is 1. The van der Waals surface area contributed by atoms with Crippen molar-refractivity contribution in [2.45, 2.75) is 0 Å². The Balaban J connectivity index is 1.50. The fraction of sp³-hybridized carbons (Fsp3) is 0.292. The van der Waals surface area contributed by atoms with Crippen LogP contribution >= 0.6 is 11.3 Å². The average Bonchev–Trinajstić information content (AvgIpc) is 3.34. The van der Waals surface area contributed by atoms with E-state index in [2.05, 4.69) is 25.8 Å². The first-order chi connectivity index (χ1) is 17.0. The van der Waals surface area contributed by atoms with Gasteiger partial charge in [0.05, 0.1) is 31.6 Å². The molecule has 0 radical (unpaired) electrons. The van der Waals surface area contributed by atoms with Crippen molar-refractivity contribution >= 4 is 45.3 Å². The van der Waals surface area contributed by atoms with E-state index in [1.54, 1.807) is 13.2 Å². The Kier molecular flexibility index (Phi) is 8.14. The number of morpholine rings is 1. The van der Waals surface area contributed by atoms with Gasteiger partial charge in [0, 0.05) is 42.9 Å². The lowest BCUT2D eigenvalue weighted by Crippen LogP contribution is -2.39. The van der Waals surface area contributed by atoms with E-state index in [4.69, 9.17) is 15.2 Å². The lowest BCUT2D eigenvalue weighted by Gasteiger charge is -2.26. The van der Waals surface area contributed by atoms with Crippen LogP contribution in [-0.2, 0) is 4.74 Å². The number of hydrogen-bond donors (Lipinski definition) is 4. The Labute approximate surface area is 207 Å². The summed E-state index contributed by atoms with van der Waals surface area (Å²) in [6, 6.07) is 12.9. The number of amides is 2. The van der Waals surface area contributed by atoms with E-state index in [1.807, 2.05) is 36.4 Å². The highest BCUT2D eigenvalue weighted by atomic mass is 32.1. The standard InChI is InChI=1S/C24H28N6O4S/c1-33-18-5-2-16(3-6-18)27-20-14-17(26-8-9-30-10-12-34-13-11-30)4-7-19(20)23(32)29-24-28-21(15-35-24)22(25)31/h2-7,14-15,26-27H,8-13H2,1H3,(H2,25,31)(H,28,29,32). The maximum atomic E-state index is 13.1. The number of primary amides is 1. The van der Waals surface area contributed by atoms with E-state index < -0.39 is 5.91 Å². The highest BCUT2D eigenvalue weighted by Gasteiger charge is 2.16. The molecule has 0 aliphatic carbocycles. The van der Waals surface area contributed by atoms with Crippen molar-refractivity contribution in [2.75, 3.05) is 62.5 Å². The van der Waals surface area contributed by atoms with Gasteiger partial charge in [-0.15, -0.1) is 11.3 Å². The maximum Gasteiger partial charge on any atom is 0.268 e. The van der Waals surface area contributed by atoms with Crippen molar-refractivity contribution in [2.24, 2.45) is 5.73 Å². The predicted octanol–water partition coefficient (Wildman–Crippen LogP) is 2.99. The molecule has 0 bridgehead atoms. The highest BCUT2D eigenvalue weighted by Crippen LogP contribution is 2.27. The van der Waals surface area contributed by atoms with E-state index in [0.29, 0.717) is 16.4 Å². The number of ether oxygens (including phenoxy) is 2. The van der Waals surface area contributed by atoms with E-state index >= 15 is 0 Å². The minimum absolute atomic E-state index is 0.113. The lowest BCUT2D eigenvalue weighted by molar-refractivity contribution is 0.0398. The number of thiazole rings is 1. The monoisotopic (exact) mass is 496 g/mol. The van der Waals surface area contributed by atoms with Crippen LogP contribution < -0.4 is 26.4 Å². The van der Waals surface area contributed by atoms with Gasteiger partial charge in [0.15, 0.2) is 5.13 Å². The molecule has 4 rings (SSSR count). The molecule has 2 amide bonds. The van der Waals surface area contributed by atoms with Crippen LogP contribution in [0.25, 0.3) is 0 Å². The van der Waals surface area contributed by atoms with Crippen LogP contribution in [0.4, 0.5) is 22.2 Å². The maximum absolute atomic E-state index is 13.1. The van der Waals surface area contributed by atoms with E-state index in [-0.39, 0.29) is 11.6 Å². The number of hydrogen-bond acceptors (Lipinski definition) is 9. The second kappa shape index (κ2) is 11.6. The minimum Gasteiger partial charge on any atom is -0.497 e. The van der Waals surface area contributed by atoms with Gasteiger partial charge >= 0.3 is 0 Å². The van der Waals surface area contributed by atoms with Gasteiger partial charge in [-0.05, 0) is 42.5 Å². The zero-order valence-electron chi connectivity index (χ0n) is 19.4. The van der Waals surface area contributed by atoms with Gasteiger partial charge < -0.3 is 25.8 Å². The van der Waals surface area contributed by atoms with Gasteiger partial charge in [0.25, 0.3) is 11.8 Å². The van der Waals surface area contributed by atoms with E-state index in [9.17, 15) is 9.59 Å². The van der Waals surface area contributed by atoms with Gasteiger partial charge in [-0.3, -0.25) is 19.8 Å². The molecule has 10 nitrogen and oxygen atoms in total. The summed E-state index contributed by atoms with van der Waals surface area (Å²) < 4.78 is 10.6. The number of methoxy groups -OCH3 is 1. The zero-order chi connectivity index (χ0) is 24.6. The predicted molar refractivity (Wildman–Crippen MR) is 137 cm³/mol. The first-order valence-electron chi connectivity index (χ1n) is 11.2. The Morgan fingerprint density at radius 1 is 1.14 bits per heavy atom. The Morgan fingerprint density at radius 2 is 1.89 bits per heavy atom. The Morgan fingerprint density at radius 3 is 2.57 bits per heavy atom.